The molecular formula is C15H17N3O2S. The minimum Gasteiger partial charge on any atom is -0.490 e. The van der Waals surface area contributed by atoms with Gasteiger partial charge >= 0.3 is 0 Å². The molecule has 1 aliphatic heterocycles. The zero-order valence-corrected chi connectivity index (χ0v) is 12.8. The summed E-state index contributed by atoms with van der Waals surface area (Å²) in [7, 11) is 0. The fourth-order valence-electron chi connectivity index (χ4n) is 2.34. The van der Waals surface area contributed by atoms with Crippen LogP contribution in [0.2, 0.25) is 0 Å². The van der Waals surface area contributed by atoms with E-state index in [0.717, 1.165) is 22.7 Å². The summed E-state index contributed by atoms with van der Waals surface area (Å²) in [5.74, 6) is 0.797. The van der Waals surface area contributed by atoms with Crippen molar-refractivity contribution >= 4 is 28.1 Å². The summed E-state index contributed by atoms with van der Waals surface area (Å²) in [6.45, 7) is 4.91. The molecule has 1 aromatic carbocycles. The first-order valence-corrected chi connectivity index (χ1v) is 7.74. The van der Waals surface area contributed by atoms with Gasteiger partial charge in [-0.15, -0.1) is 11.3 Å². The number of nitrogens with zero attached hydrogens (tertiary/aromatic N) is 2. The van der Waals surface area contributed by atoms with Gasteiger partial charge in [-0.3, -0.25) is 4.79 Å². The summed E-state index contributed by atoms with van der Waals surface area (Å²) in [5, 5.41) is 2.45. The predicted octanol–water partition coefficient (Wildman–Crippen LogP) is 2.77. The number of hydrogen-bond acceptors (Lipinski definition) is 5. The zero-order valence-electron chi connectivity index (χ0n) is 12.0. The van der Waals surface area contributed by atoms with Crippen LogP contribution in [0.1, 0.15) is 13.8 Å². The van der Waals surface area contributed by atoms with Crippen molar-refractivity contribution in [3.8, 4) is 17.0 Å². The summed E-state index contributed by atoms with van der Waals surface area (Å²) in [6.07, 6.45) is 0. The summed E-state index contributed by atoms with van der Waals surface area (Å²) in [6, 6.07) is 5.78. The maximum Gasteiger partial charge on any atom is 0.229 e. The van der Waals surface area contributed by atoms with Crippen LogP contribution in [-0.4, -0.2) is 24.0 Å². The Bertz CT molecular complexity index is 681. The van der Waals surface area contributed by atoms with E-state index in [1.165, 1.54) is 11.3 Å². The first-order chi connectivity index (χ1) is 10.1. The Hall–Kier alpha value is -2.08. The van der Waals surface area contributed by atoms with Gasteiger partial charge in [-0.25, -0.2) is 4.98 Å². The lowest BCUT2D eigenvalue weighted by atomic mass is 10.1. The van der Waals surface area contributed by atoms with Gasteiger partial charge in [0.05, 0.1) is 17.9 Å². The second-order valence-corrected chi connectivity index (χ2v) is 6.14. The van der Waals surface area contributed by atoms with Crippen molar-refractivity contribution in [3.63, 3.8) is 0 Å². The molecule has 0 bridgehead atoms. The zero-order chi connectivity index (χ0) is 15.0. The number of fused-ring (bicyclic) bond motifs is 1. The lowest BCUT2D eigenvalue weighted by Gasteiger charge is -2.31. The maximum atomic E-state index is 12.3. The monoisotopic (exact) mass is 303 g/mol. The first kappa shape index (κ1) is 13.9. The summed E-state index contributed by atoms with van der Waals surface area (Å²) in [5.41, 5.74) is 8.26. The van der Waals surface area contributed by atoms with E-state index in [-0.39, 0.29) is 11.8 Å². The fraction of sp³-hybridized carbons (Fsp3) is 0.333. The van der Waals surface area contributed by atoms with Crippen molar-refractivity contribution in [2.75, 3.05) is 23.8 Å². The van der Waals surface area contributed by atoms with Gasteiger partial charge in [-0.1, -0.05) is 13.8 Å². The molecule has 0 saturated carbocycles. The number of anilines is 2. The highest BCUT2D eigenvalue weighted by molar-refractivity contribution is 7.13. The highest BCUT2D eigenvalue weighted by Crippen LogP contribution is 2.36. The van der Waals surface area contributed by atoms with Crippen molar-refractivity contribution in [1.82, 2.24) is 4.98 Å². The van der Waals surface area contributed by atoms with Gasteiger partial charge in [-0.05, 0) is 18.2 Å². The standard InChI is InChI=1S/C15H17N3O2S/c1-9(2)14(19)18-5-6-20-13-4-3-10(7-12(13)18)11-8-21-15(16)17-11/h3-4,7-9H,5-6H2,1-2H3,(H2,16,17). The average molecular weight is 303 g/mol. The summed E-state index contributed by atoms with van der Waals surface area (Å²) in [4.78, 5) is 18.4. The van der Waals surface area contributed by atoms with Crippen molar-refractivity contribution in [1.29, 1.82) is 0 Å². The molecule has 2 aromatic rings. The lowest BCUT2D eigenvalue weighted by molar-refractivity contribution is -0.121. The second-order valence-electron chi connectivity index (χ2n) is 5.25. The molecule has 0 aliphatic carbocycles. The smallest absolute Gasteiger partial charge is 0.229 e. The van der Waals surface area contributed by atoms with Crippen LogP contribution in [-0.2, 0) is 4.79 Å². The van der Waals surface area contributed by atoms with E-state index in [1.54, 1.807) is 4.90 Å². The van der Waals surface area contributed by atoms with Crippen LogP contribution in [0.3, 0.4) is 0 Å². The Labute approximate surface area is 127 Å². The first-order valence-electron chi connectivity index (χ1n) is 6.86. The Morgan fingerprint density at radius 1 is 1.48 bits per heavy atom. The normalized spacial score (nSPS) is 14.0. The molecule has 3 rings (SSSR count). The van der Waals surface area contributed by atoms with E-state index >= 15 is 0 Å². The molecule has 1 aromatic heterocycles. The molecule has 0 unspecified atom stereocenters. The van der Waals surface area contributed by atoms with Gasteiger partial charge < -0.3 is 15.4 Å². The van der Waals surface area contributed by atoms with Crippen LogP contribution < -0.4 is 15.4 Å². The number of nitrogen functional groups attached to an aromatic ring is 1. The third-order valence-corrected chi connectivity index (χ3v) is 4.07. The molecule has 5 nitrogen and oxygen atoms in total. The minimum atomic E-state index is -0.0467. The number of hydrogen-bond donors (Lipinski definition) is 1. The number of benzene rings is 1. The number of rotatable bonds is 2. The summed E-state index contributed by atoms with van der Waals surface area (Å²) < 4.78 is 5.64. The molecule has 110 valence electrons. The number of nitrogens with two attached hydrogens (primary N) is 1. The van der Waals surface area contributed by atoms with Crippen LogP contribution in [0.25, 0.3) is 11.3 Å². The third-order valence-electron chi connectivity index (χ3n) is 3.40. The molecule has 0 spiro atoms. The van der Waals surface area contributed by atoms with Crippen molar-refractivity contribution in [2.24, 2.45) is 5.92 Å². The van der Waals surface area contributed by atoms with Crippen LogP contribution in [0, 0.1) is 5.92 Å². The number of aromatic nitrogens is 1. The molecule has 0 fully saturated rings. The highest BCUT2D eigenvalue weighted by Gasteiger charge is 2.26. The van der Waals surface area contributed by atoms with Crippen molar-refractivity contribution in [3.05, 3.63) is 23.6 Å². The van der Waals surface area contributed by atoms with E-state index in [1.807, 2.05) is 37.4 Å². The van der Waals surface area contributed by atoms with Gasteiger partial charge in [0.25, 0.3) is 0 Å². The lowest BCUT2D eigenvalue weighted by Crippen LogP contribution is -2.40. The Morgan fingerprint density at radius 3 is 2.95 bits per heavy atom. The van der Waals surface area contributed by atoms with E-state index in [4.69, 9.17) is 10.5 Å². The van der Waals surface area contributed by atoms with E-state index < -0.39 is 0 Å². The summed E-state index contributed by atoms with van der Waals surface area (Å²) >= 11 is 1.40. The van der Waals surface area contributed by atoms with E-state index in [0.29, 0.717) is 18.3 Å². The number of carbonyl (C=O) groups is 1. The molecule has 0 radical (unpaired) electrons. The van der Waals surface area contributed by atoms with Gasteiger partial charge in [0.15, 0.2) is 5.13 Å². The molecule has 0 atom stereocenters. The quantitative estimate of drug-likeness (QED) is 0.926. The Kier molecular flexibility index (Phi) is 3.55. The van der Waals surface area contributed by atoms with Gasteiger partial charge in [0.2, 0.25) is 5.91 Å². The molecule has 2 N–H and O–H groups in total. The maximum absolute atomic E-state index is 12.3. The van der Waals surface area contributed by atoms with Crippen LogP contribution in [0.15, 0.2) is 23.6 Å². The highest BCUT2D eigenvalue weighted by atomic mass is 32.1. The van der Waals surface area contributed by atoms with E-state index in [2.05, 4.69) is 4.98 Å². The Morgan fingerprint density at radius 2 is 2.29 bits per heavy atom. The molecule has 1 amide bonds. The SMILES string of the molecule is CC(C)C(=O)N1CCOc2ccc(-c3csc(N)n3)cc21. The molecule has 21 heavy (non-hydrogen) atoms. The van der Waals surface area contributed by atoms with Crippen LogP contribution in [0.4, 0.5) is 10.8 Å². The van der Waals surface area contributed by atoms with Gasteiger partial charge in [0.1, 0.15) is 12.4 Å². The molecule has 2 heterocycles. The minimum absolute atomic E-state index is 0.0467. The number of ether oxygens (including phenoxy) is 1. The van der Waals surface area contributed by atoms with Crippen molar-refractivity contribution < 1.29 is 9.53 Å². The van der Waals surface area contributed by atoms with Crippen molar-refractivity contribution in [2.45, 2.75) is 13.8 Å². The average Bonchev–Trinajstić information content (AvgIpc) is 2.92. The number of carbonyl (C=O) groups excluding carboxylic acids is 1. The Balaban J connectivity index is 2.02. The molecular weight excluding hydrogens is 286 g/mol. The second kappa shape index (κ2) is 5.37. The topological polar surface area (TPSA) is 68.5 Å². The molecule has 0 saturated heterocycles. The van der Waals surface area contributed by atoms with E-state index in [9.17, 15) is 4.79 Å². The largest absolute Gasteiger partial charge is 0.490 e. The van der Waals surface area contributed by atoms with Crippen LogP contribution in [0.5, 0.6) is 5.75 Å². The molecule has 1 aliphatic rings. The van der Waals surface area contributed by atoms with Gasteiger partial charge in [0, 0.05) is 16.9 Å². The fourth-order valence-corrected chi connectivity index (χ4v) is 2.91. The van der Waals surface area contributed by atoms with Crippen LogP contribution >= 0.6 is 11.3 Å². The number of thiazole rings is 1. The molecule has 6 heteroatoms. The van der Waals surface area contributed by atoms with Gasteiger partial charge in [-0.2, -0.15) is 0 Å². The predicted molar refractivity (Wildman–Crippen MR) is 84.6 cm³/mol. The third kappa shape index (κ3) is 2.58. The number of amides is 1.